The quantitative estimate of drug-likeness (QED) is 0.778. The summed E-state index contributed by atoms with van der Waals surface area (Å²) in [5.41, 5.74) is 1.01. The Hall–Kier alpha value is -1.03. The van der Waals surface area contributed by atoms with E-state index in [0.717, 1.165) is 5.69 Å². The van der Waals surface area contributed by atoms with Gasteiger partial charge < -0.3 is 4.74 Å². The van der Waals surface area contributed by atoms with E-state index in [2.05, 4.69) is 5.10 Å². The lowest BCUT2D eigenvalue weighted by atomic mass is 10.1. The number of rotatable bonds is 4. The van der Waals surface area contributed by atoms with Crippen molar-refractivity contribution in [2.24, 2.45) is 0 Å². The molecule has 0 N–H and O–H groups in total. The van der Waals surface area contributed by atoms with Crippen LogP contribution in [0.15, 0.2) is 6.07 Å². The molecule has 0 spiro atoms. The van der Waals surface area contributed by atoms with Gasteiger partial charge in [-0.2, -0.15) is 5.10 Å². The number of esters is 1. The lowest BCUT2D eigenvalue weighted by Gasteiger charge is -2.04. The van der Waals surface area contributed by atoms with Crippen molar-refractivity contribution in [2.75, 3.05) is 6.61 Å². The van der Waals surface area contributed by atoms with E-state index in [0.29, 0.717) is 17.7 Å². The van der Waals surface area contributed by atoms with E-state index in [1.54, 1.807) is 6.92 Å². The molecule has 94 valence electrons. The number of hydrogen-bond acceptors (Lipinski definition) is 3. The first-order chi connectivity index (χ1) is 8.20. The highest BCUT2D eigenvalue weighted by molar-refractivity contribution is 6.29. The molecule has 0 aromatic carbocycles. The molecule has 17 heavy (non-hydrogen) atoms. The monoisotopic (exact) mass is 256 g/mol. The van der Waals surface area contributed by atoms with Crippen molar-refractivity contribution in [3.05, 3.63) is 16.9 Å². The highest BCUT2D eigenvalue weighted by Crippen LogP contribution is 2.34. The molecule has 0 unspecified atom stereocenters. The summed E-state index contributed by atoms with van der Waals surface area (Å²) in [7, 11) is 0. The van der Waals surface area contributed by atoms with Crippen LogP contribution in [0.25, 0.3) is 0 Å². The number of aromatic nitrogens is 2. The fourth-order valence-electron chi connectivity index (χ4n) is 2.27. The van der Waals surface area contributed by atoms with Gasteiger partial charge in [-0.15, -0.1) is 0 Å². The molecule has 1 aliphatic carbocycles. The van der Waals surface area contributed by atoms with Crippen molar-refractivity contribution in [1.29, 1.82) is 0 Å². The van der Waals surface area contributed by atoms with Gasteiger partial charge in [0.2, 0.25) is 0 Å². The maximum Gasteiger partial charge on any atom is 0.327 e. The summed E-state index contributed by atoms with van der Waals surface area (Å²) in [5, 5.41) is 4.91. The van der Waals surface area contributed by atoms with Crippen LogP contribution in [0.1, 0.15) is 44.2 Å². The Morgan fingerprint density at radius 2 is 2.29 bits per heavy atom. The molecule has 2 rings (SSSR count). The van der Waals surface area contributed by atoms with Crippen molar-refractivity contribution in [1.82, 2.24) is 9.78 Å². The highest BCUT2D eigenvalue weighted by Gasteiger charge is 2.21. The Morgan fingerprint density at radius 3 is 2.94 bits per heavy atom. The molecule has 1 fully saturated rings. The maximum atomic E-state index is 11.4. The van der Waals surface area contributed by atoms with E-state index < -0.39 is 0 Å². The molecular weight excluding hydrogens is 240 g/mol. The number of carbonyl (C=O) groups is 1. The van der Waals surface area contributed by atoms with E-state index in [9.17, 15) is 4.79 Å². The third-order valence-electron chi connectivity index (χ3n) is 3.11. The predicted octanol–water partition coefficient (Wildman–Crippen LogP) is 2.76. The van der Waals surface area contributed by atoms with E-state index in [-0.39, 0.29) is 12.5 Å². The van der Waals surface area contributed by atoms with Crippen LogP contribution >= 0.6 is 11.6 Å². The molecule has 1 aromatic heterocycles. The molecule has 0 bridgehead atoms. The maximum absolute atomic E-state index is 11.4. The third-order valence-corrected chi connectivity index (χ3v) is 3.41. The lowest BCUT2D eigenvalue weighted by Crippen LogP contribution is -2.14. The van der Waals surface area contributed by atoms with Crippen molar-refractivity contribution >= 4 is 17.6 Å². The van der Waals surface area contributed by atoms with Crippen LogP contribution in [-0.4, -0.2) is 22.4 Å². The Balaban J connectivity index is 2.05. The van der Waals surface area contributed by atoms with Gasteiger partial charge >= 0.3 is 5.97 Å². The summed E-state index contributed by atoms with van der Waals surface area (Å²) in [5.74, 6) is 0.214. The van der Waals surface area contributed by atoms with Gasteiger partial charge in [0.1, 0.15) is 11.7 Å². The van der Waals surface area contributed by atoms with Gasteiger partial charge in [0.25, 0.3) is 0 Å². The van der Waals surface area contributed by atoms with Gasteiger partial charge in [-0.25, -0.2) is 4.68 Å². The summed E-state index contributed by atoms with van der Waals surface area (Å²) in [6.07, 6.45) is 4.86. The molecule has 4 nitrogen and oxygen atoms in total. The summed E-state index contributed by atoms with van der Waals surface area (Å²) in [4.78, 5) is 11.4. The van der Waals surface area contributed by atoms with Crippen molar-refractivity contribution in [3.8, 4) is 0 Å². The van der Waals surface area contributed by atoms with Crippen LogP contribution < -0.4 is 0 Å². The van der Waals surface area contributed by atoms with Crippen LogP contribution in [0.2, 0.25) is 5.15 Å². The molecule has 0 radical (unpaired) electrons. The number of ether oxygens (including phenoxy) is 1. The van der Waals surface area contributed by atoms with Gasteiger partial charge in [-0.05, 0) is 25.8 Å². The van der Waals surface area contributed by atoms with E-state index in [4.69, 9.17) is 16.3 Å². The zero-order valence-electron chi connectivity index (χ0n) is 9.99. The molecule has 0 aliphatic heterocycles. The Kier molecular flexibility index (Phi) is 4.05. The first-order valence-corrected chi connectivity index (χ1v) is 6.47. The van der Waals surface area contributed by atoms with Crippen LogP contribution in [0, 0.1) is 0 Å². The standard InChI is InChI=1S/C12H17ClN2O2/c1-2-17-12(16)8-15-11(13)7-10(14-15)9-5-3-4-6-9/h7,9H,2-6,8H2,1H3. The summed E-state index contributed by atoms with van der Waals surface area (Å²) >= 11 is 6.06. The minimum Gasteiger partial charge on any atom is -0.465 e. The summed E-state index contributed by atoms with van der Waals surface area (Å²) < 4.78 is 6.40. The molecule has 1 heterocycles. The minimum atomic E-state index is -0.296. The number of halogens is 1. The molecule has 0 amide bonds. The van der Waals surface area contributed by atoms with Gasteiger partial charge in [0, 0.05) is 5.92 Å². The smallest absolute Gasteiger partial charge is 0.327 e. The molecule has 0 atom stereocenters. The van der Waals surface area contributed by atoms with Crippen LogP contribution in [0.3, 0.4) is 0 Å². The number of nitrogens with zero attached hydrogens (tertiary/aromatic N) is 2. The van der Waals surface area contributed by atoms with Gasteiger partial charge in [0.05, 0.1) is 12.3 Å². The van der Waals surface area contributed by atoms with Crippen LogP contribution in [0.4, 0.5) is 0 Å². The zero-order valence-corrected chi connectivity index (χ0v) is 10.7. The first kappa shape index (κ1) is 12.4. The minimum absolute atomic E-state index is 0.0966. The fourth-order valence-corrected chi connectivity index (χ4v) is 2.48. The molecular formula is C12H17ClN2O2. The largest absolute Gasteiger partial charge is 0.465 e. The van der Waals surface area contributed by atoms with Crippen molar-refractivity contribution in [2.45, 2.75) is 45.1 Å². The summed E-state index contributed by atoms with van der Waals surface area (Å²) in [6.45, 7) is 2.26. The number of carbonyl (C=O) groups excluding carboxylic acids is 1. The average Bonchev–Trinajstić information content (AvgIpc) is 2.89. The molecule has 1 saturated carbocycles. The fraction of sp³-hybridized carbons (Fsp3) is 0.667. The van der Waals surface area contributed by atoms with E-state index in [1.165, 1.54) is 30.4 Å². The van der Waals surface area contributed by atoms with Crippen LogP contribution in [0.5, 0.6) is 0 Å². The van der Waals surface area contributed by atoms with E-state index in [1.807, 2.05) is 6.07 Å². The average molecular weight is 257 g/mol. The highest BCUT2D eigenvalue weighted by atomic mass is 35.5. The molecule has 5 heteroatoms. The Labute approximate surface area is 106 Å². The van der Waals surface area contributed by atoms with Crippen LogP contribution in [-0.2, 0) is 16.1 Å². The van der Waals surface area contributed by atoms with Gasteiger partial charge in [-0.3, -0.25) is 4.79 Å². The van der Waals surface area contributed by atoms with Crippen molar-refractivity contribution < 1.29 is 9.53 Å². The second-order valence-corrected chi connectivity index (χ2v) is 4.72. The molecule has 1 aliphatic rings. The van der Waals surface area contributed by atoms with E-state index >= 15 is 0 Å². The Bertz CT molecular complexity index is 397. The first-order valence-electron chi connectivity index (χ1n) is 6.09. The number of hydrogen-bond donors (Lipinski definition) is 0. The van der Waals surface area contributed by atoms with Crippen molar-refractivity contribution in [3.63, 3.8) is 0 Å². The summed E-state index contributed by atoms with van der Waals surface area (Å²) in [6, 6.07) is 1.87. The lowest BCUT2D eigenvalue weighted by molar-refractivity contribution is -0.144. The second kappa shape index (κ2) is 5.54. The van der Waals surface area contributed by atoms with Gasteiger partial charge in [0.15, 0.2) is 0 Å². The molecule has 1 aromatic rings. The predicted molar refractivity (Wildman–Crippen MR) is 65.1 cm³/mol. The topological polar surface area (TPSA) is 44.1 Å². The van der Waals surface area contributed by atoms with Gasteiger partial charge in [-0.1, -0.05) is 24.4 Å². The Morgan fingerprint density at radius 1 is 1.59 bits per heavy atom. The SMILES string of the molecule is CCOC(=O)Cn1nc(C2CCCC2)cc1Cl. The third kappa shape index (κ3) is 3.00. The molecule has 0 saturated heterocycles. The zero-order chi connectivity index (χ0) is 12.3. The normalized spacial score (nSPS) is 16.4. The second-order valence-electron chi connectivity index (χ2n) is 4.34.